The number of ether oxygens (including phenoxy) is 3. The molecule has 2 amide bonds. The summed E-state index contributed by atoms with van der Waals surface area (Å²) < 4.78 is 16.9. The number of thiocarbonyl (C=S) groups is 1. The van der Waals surface area contributed by atoms with E-state index < -0.39 is 0 Å². The number of methoxy groups -OCH3 is 2. The van der Waals surface area contributed by atoms with Crippen molar-refractivity contribution in [3.63, 3.8) is 0 Å². The second-order valence-corrected chi connectivity index (χ2v) is 9.48. The van der Waals surface area contributed by atoms with E-state index >= 15 is 0 Å². The number of rotatable bonds is 8. The van der Waals surface area contributed by atoms with Crippen molar-refractivity contribution >= 4 is 57.6 Å². The lowest BCUT2D eigenvalue weighted by atomic mass is 10.1. The standard InChI is InChI=1S/C27H24N2O5S2/c1-17-8-11-19(12-9-17)28-25(30)16-34-22-13-10-18(14-23(22)33-3)15-24-26(31)29(27(35)36-24)20-6-4-5-7-21(20)32-2/h4-15H,16H2,1-3H3,(H,28,30)/b24-15+. The van der Waals surface area contributed by atoms with Gasteiger partial charge in [0.25, 0.3) is 11.8 Å². The first-order chi connectivity index (χ1) is 17.4. The Balaban J connectivity index is 1.46. The van der Waals surface area contributed by atoms with Crippen molar-refractivity contribution in [2.75, 3.05) is 31.0 Å². The summed E-state index contributed by atoms with van der Waals surface area (Å²) in [4.78, 5) is 27.4. The van der Waals surface area contributed by atoms with E-state index in [1.165, 1.54) is 23.8 Å². The number of nitrogens with zero attached hydrogens (tertiary/aromatic N) is 1. The van der Waals surface area contributed by atoms with Crippen LogP contribution in [0, 0.1) is 6.92 Å². The van der Waals surface area contributed by atoms with Gasteiger partial charge >= 0.3 is 0 Å². The smallest absolute Gasteiger partial charge is 0.270 e. The Kier molecular flexibility index (Phi) is 7.92. The largest absolute Gasteiger partial charge is 0.495 e. The molecule has 1 heterocycles. The van der Waals surface area contributed by atoms with E-state index in [1.54, 1.807) is 43.5 Å². The van der Waals surface area contributed by atoms with Gasteiger partial charge in [0.1, 0.15) is 5.75 Å². The minimum Gasteiger partial charge on any atom is -0.495 e. The summed E-state index contributed by atoms with van der Waals surface area (Å²) in [5, 5.41) is 2.79. The number of nitrogens with one attached hydrogen (secondary N) is 1. The molecule has 0 unspecified atom stereocenters. The molecule has 0 saturated carbocycles. The second kappa shape index (κ2) is 11.3. The highest BCUT2D eigenvalue weighted by atomic mass is 32.2. The van der Waals surface area contributed by atoms with E-state index in [4.69, 9.17) is 26.4 Å². The molecule has 184 valence electrons. The van der Waals surface area contributed by atoms with Crippen LogP contribution in [0.15, 0.2) is 71.6 Å². The topological polar surface area (TPSA) is 77.1 Å². The van der Waals surface area contributed by atoms with Crippen LogP contribution in [0.3, 0.4) is 0 Å². The molecule has 3 aromatic rings. The molecular formula is C27H24N2O5S2. The first-order valence-corrected chi connectivity index (χ1v) is 12.2. The van der Waals surface area contributed by atoms with Crippen LogP contribution in [-0.4, -0.2) is 37.0 Å². The van der Waals surface area contributed by atoms with Crippen LogP contribution in [0.4, 0.5) is 11.4 Å². The van der Waals surface area contributed by atoms with Crippen LogP contribution in [0.1, 0.15) is 11.1 Å². The first kappa shape index (κ1) is 25.3. The predicted molar refractivity (Wildman–Crippen MR) is 147 cm³/mol. The number of hydrogen-bond acceptors (Lipinski definition) is 7. The minimum absolute atomic E-state index is 0.179. The Morgan fingerprint density at radius 3 is 2.44 bits per heavy atom. The predicted octanol–water partition coefficient (Wildman–Crippen LogP) is 5.44. The van der Waals surface area contributed by atoms with Gasteiger partial charge in [-0.1, -0.05) is 59.9 Å². The van der Waals surface area contributed by atoms with Crippen LogP contribution in [0.5, 0.6) is 17.2 Å². The zero-order valence-electron chi connectivity index (χ0n) is 19.9. The van der Waals surface area contributed by atoms with Gasteiger partial charge in [-0.2, -0.15) is 0 Å². The molecule has 0 spiro atoms. The van der Waals surface area contributed by atoms with Crippen molar-refractivity contribution in [1.29, 1.82) is 0 Å². The summed E-state index contributed by atoms with van der Waals surface area (Å²) in [7, 11) is 3.06. The van der Waals surface area contributed by atoms with Gasteiger partial charge in [-0.15, -0.1) is 0 Å². The number of hydrogen-bond donors (Lipinski definition) is 1. The number of carbonyl (C=O) groups is 2. The molecule has 1 aliphatic rings. The fraction of sp³-hybridized carbons (Fsp3) is 0.148. The number of anilines is 2. The lowest BCUT2D eigenvalue weighted by Gasteiger charge is -2.17. The maximum absolute atomic E-state index is 13.1. The van der Waals surface area contributed by atoms with Crippen LogP contribution >= 0.6 is 24.0 Å². The fourth-order valence-electron chi connectivity index (χ4n) is 3.51. The maximum atomic E-state index is 13.1. The van der Waals surface area contributed by atoms with E-state index in [2.05, 4.69) is 5.32 Å². The van der Waals surface area contributed by atoms with Crippen LogP contribution < -0.4 is 24.4 Å². The highest BCUT2D eigenvalue weighted by molar-refractivity contribution is 8.27. The molecule has 1 saturated heterocycles. The number of amides is 2. The Morgan fingerprint density at radius 2 is 1.72 bits per heavy atom. The molecule has 0 radical (unpaired) electrons. The Morgan fingerprint density at radius 1 is 1.00 bits per heavy atom. The van der Waals surface area contributed by atoms with E-state index in [0.717, 1.165) is 11.1 Å². The molecule has 0 atom stereocenters. The molecule has 1 N–H and O–H groups in total. The molecule has 3 aromatic carbocycles. The normalized spacial score (nSPS) is 14.2. The van der Waals surface area contributed by atoms with Gasteiger partial charge < -0.3 is 19.5 Å². The first-order valence-electron chi connectivity index (χ1n) is 11.0. The van der Waals surface area contributed by atoms with Crippen LogP contribution in [0.25, 0.3) is 6.08 Å². The number of para-hydroxylation sites is 2. The van der Waals surface area contributed by atoms with Gasteiger partial charge in [-0.3, -0.25) is 14.5 Å². The quantitative estimate of drug-likeness (QED) is 0.313. The van der Waals surface area contributed by atoms with Crippen molar-refractivity contribution in [1.82, 2.24) is 0 Å². The molecule has 7 nitrogen and oxygen atoms in total. The average molecular weight is 521 g/mol. The van der Waals surface area contributed by atoms with E-state index in [1.807, 2.05) is 43.3 Å². The van der Waals surface area contributed by atoms with Crippen molar-refractivity contribution in [2.24, 2.45) is 0 Å². The summed E-state index contributed by atoms with van der Waals surface area (Å²) in [5.41, 5.74) is 3.12. The molecule has 1 aliphatic heterocycles. The van der Waals surface area contributed by atoms with E-state index in [-0.39, 0.29) is 18.4 Å². The van der Waals surface area contributed by atoms with Gasteiger partial charge in [-0.05, 0) is 55.0 Å². The highest BCUT2D eigenvalue weighted by Crippen LogP contribution is 2.40. The summed E-state index contributed by atoms with van der Waals surface area (Å²) >= 11 is 6.68. The van der Waals surface area contributed by atoms with Crippen molar-refractivity contribution in [3.05, 3.63) is 82.8 Å². The molecular weight excluding hydrogens is 496 g/mol. The van der Waals surface area contributed by atoms with Crippen molar-refractivity contribution < 1.29 is 23.8 Å². The minimum atomic E-state index is -0.287. The molecule has 36 heavy (non-hydrogen) atoms. The van der Waals surface area contributed by atoms with Gasteiger partial charge in [0.05, 0.1) is 24.8 Å². The molecule has 0 aliphatic carbocycles. The van der Waals surface area contributed by atoms with Gasteiger partial charge in [0.15, 0.2) is 22.4 Å². The summed E-state index contributed by atoms with van der Waals surface area (Å²) in [6.07, 6.45) is 1.74. The summed E-state index contributed by atoms with van der Waals surface area (Å²) in [6.45, 7) is 1.80. The van der Waals surface area contributed by atoms with E-state index in [9.17, 15) is 9.59 Å². The lowest BCUT2D eigenvalue weighted by Crippen LogP contribution is -2.27. The zero-order valence-corrected chi connectivity index (χ0v) is 21.6. The zero-order chi connectivity index (χ0) is 25.7. The third-order valence-electron chi connectivity index (χ3n) is 5.30. The van der Waals surface area contributed by atoms with Crippen molar-refractivity contribution in [3.8, 4) is 17.2 Å². The monoisotopic (exact) mass is 520 g/mol. The number of aryl methyl sites for hydroxylation is 1. The molecule has 0 aromatic heterocycles. The van der Waals surface area contributed by atoms with Gasteiger partial charge in [-0.25, -0.2) is 0 Å². The Bertz CT molecular complexity index is 1340. The maximum Gasteiger partial charge on any atom is 0.270 e. The number of benzene rings is 3. The third kappa shape index (κ3) is 5.69. The Hall–Kier alpha value is -3.82. The second-order valence-electron chi connectivity index (χ2n) is 7.80. The molecule has 1 fully saturated rings. The number of thioether (sulfide) groups is 1. The lowest BCUT2D eigenvalue weighted by molar-refractivity contribution is -0.118. The summed E-state index contributed by atoms with van der Waals surface area (Å²) in [6, 6.07) is 19.9. The van der Waals surface area contributed by atoms with Crippen LogP contribution in [0.2, 0.25) is 0 Å². The fourth-order valence-corrected chi connectivity index (χ4v) is 4.80. The van der Waals surface area contributed by atoms with Gasteiger partial charge in [0.2, 0.25) is 0 Å². The van der Waals surface area contributed by atoms with Crippen molar-refractivity contribution in [2.45, 2.75) is 6.92 Å². The average Bonchev–Trinajstić information content (AvgIpc) is 3.16. The molecule has 4 rings (SSSR count). The Labute approximate surface area is 219 Å². The molecule has 9 heteroatoms. The third-order valence-corrected chi connectivity index (χ3v) is 6.60. The van der Waals surface area contributed by atoms with Gasteiger partial charge in [0, 0.05) is 5.69 Å². The summed E-state index contributed by atoms with van der Waals surface area (Å²) in [5.74, 6) is 0.888. The highest BCUT2D eigenvalue weighted by Gasteiger charge is 2.34. The number of carbonyl (C=O) groups excluding carboxylic acids is 2. The SMILES string of the molecule is COc1cc(/C=C2/SC(=S)N(c3ccccc3OC)C2=O)ccc1OCC(=O)Nc1ccc(C)cc1. The molecule has 0 bridgehead atoms. The van der Waals surface area contributed by atoms with Crippen LogP contribution in [-0.2, 0) is 9.59 Å². The van der Waals surface area contributed by atoms with E-state index in [0.29, 0.717) is 37.8 Å².